The van der Waals surface area contributed by atoms with Crippen molar-refractivity contribution >= 4 is 30.0 Å². The largest absolute Gasteiger partial charge is 0.511 e. The molecule has 0 radical (unpaired) electrons. The summed E-state index contributed by atoms with van der Waals surface area (Å²) in [5.41, 5.74) is 1.20. The summed E-state index contributed by atoms with van der Waals surface area (Å²) in [6, 6.07) is 41.1. The lowest BCUT2D eigenvalue weighted by Gasteiger charge is -2.52. The molecule has 17 nitrogen and oxygen atoms in total. The molecule has 10 atom stereocenters. The van der Waals surface area contributed by atoms with Crippen LogP contribution < -0.4 is 0 Å². The number of fused-ring (bicyclic) bond motifs is 1. The average molecular weight is 973 g/mol. The van der Waals surface area contributed by atoms with E-state index in [9.17, 15) is 24.0 Å². The lowest BCUT2D eigenvalue weighted by Crippen LogP contribution is -2.69. The van der Waals surface area contributed by atoms with Gasteiger partial charge in [0, 0.05) is 0 Å². The summed E-state index contributed by atoms with van der Waals surface area (Å²) in [4.78, 5) is 69.7. The van der Waals surface area contributed by atoms with Crippen LogP contribution in [0.5, 0.6) is 0 Å². The number of esters is 4. The molecule has 8 rings (SSSR count). The first-order valence-corrected chi connectivity index (χ1v) is 22.8. The highest BCUT2D eigenvalue weighted by atomic mass is 16.8. The van der Waals surface area contributed by atoms with Crippen LogP contribution in [-0.2, 0) is 63.4 Å². The van der Waals surface area contributed by atoms with Gasteiger partial charge in [0.05, 0.1) is 35.5 Å². The molecule has 0 amide bonds. The summed E-state index contributed by atoms with van der Waals surface area (Å²) in [7, 11) is 0. The smallest absolute Gasteiger partial charge is 0.459 e. The maximum absolute atomic E-state index is 14.3. The number of carbonyl (C=O) groups excluding carboxylic acids is 5. The van der Waals surface area contributed by atoms with Gasteiger partial charge in [-0.05, 0) is 67.9 Å². The van der Waals surface area contributed by atoms with Gasteiger partial charge in [0.25, 0.3) is 0 Å². The van der Waals surface area contributed by atoms with Crippen LogP contribution in [0.1, 0.15) is 60.8 Å². The van der Waals surface area contributed by atoms with Gasteiger partial charge in [-0.3, -0.25) is 0 Å². The molecular weight excluding hydrogens is 921 g/mol. The van der Waals surface area contributed by atoms with Crippen molar-refractivity contribution in [2.75, 3.05) is 19.8 Å². The second kappa shape index (κ2) is 23.6. The van der Waals surface area contributed by atoms with Crippen molar-refractivity contribution in [3.63, 3.8) is 0 Å². The Morgan fingerprint density at radius 1 is 0.563 bits per heavy atom. The van der Waals surface area contributed by atoms with Crippen molar-refractivity contribution in [3.05, 3.63) is 192 Å². The van der Waals surface area contributed by atoms with E-state index in [1.807, 2.05) is 30.3 Å². The van der Waals surface area contributed by atoms with E-state index in [2.05, 4.69) is 6.58 Å². The Balaban J connectivity index is 1.25. The van der Waals surface area contributed by atoms with Crippen LogP contribution in [-0.4, -0.2) is 117 Å². The molecule has 0 bridgehead atoms. The van der Waals surface area contributed by atoms with Gasteiger partial charge in [0.15, 0.2) is 36.5 Å². The maximum Gasteiger partial charge on any atom is 0.511 e. The second-order valence-electron chi connectivity index (χ2n) is 16.9. The zero-order valence-corrected chi connectivity index (χ0v) is 38.8. The van der Waals surface area contributed by atoms with E-state index in [0.29, 0.717) is 0 Å². The van der Waals surface area contributed by atoms with Crippen LogP contribution in [0.2, 0.25) is 0 Å². The lowest BCUT2D eigenvalue weighted by atomic mass is 9.95. The highest BCUT2D eigenvalue weighted by Gasteiger charge is 2.59. The maximum atomic E-state index is 14.3. The van der Waals surface area contributed by atoms with E-state index < -0.39 is 104 Å². The molecule has 3 fully saturated rings. The van der Waals surface area contributed by atoms with Gasteiger partial charge in [-0.15, -0.1) is 0 Å². The van der Waals surface area contributed by atoms with Crippen molar-refractivity contribution in [1.29, 1.82) is 0 Å². The van der Waals surface area contributed by atoms with E-state index in [0.717, 1.165) is 5.56 Å². The number of hydrogen-bond acceptors (Lipinski definition) is 17. The monoisotopic (exact) mass is 972 g/mol. The van der Waals surface area contributed by atoms with Gasteiger partial charge >= 0.3 is 30.0 Å². The van der Waals surface area contributed by atoms with Gasteiger partial charge in [0.1, 0.15) is 37.6 Å². The zero-order valence-electron chi connectivity index (χ0n) is 38.8. The third-order valence-corrected chi connectivity index (χ3v) is 11.5. The predicted molar refractivity (Wildman–Crippen MR) is 248 cm³/mol. The molecule has 5 aromatic carbocycles. The number of carbonyl (C=O) groups is 5. The van der Waals surface area contributed by atoms with Crippen LogP contribution in [0.4, 0.5) is 4.79 Å². The quantitative estimate of drug-likeness (QED) is 0.0506. The molecule has 0 spiro atoms. The minimum Gasteiger partial charge on any atom is -0.459 e. The third-order valence-electron chi connectivity index (χ3n) is 11.5. The van der Waals surface area contributed by atoms with E-state index in [4.69, 9.17) is 56.8 Å². The van der Waals surface area contributed by atoms with Crippen LogP contribution in [0, 0.1) is 0 Å². The molecule has 0 saturated carbocycles. The highest BCUT2D eigenvalue weighted by molar-refractivity contribution is 5.91. The molecule has 3 aliphatic heterocycles. The average Bonchev–Trinajstić information content (AvgIpc) is 3.39. The minimum atomic E-state index is -1.86. The Morgan fingerprint density at radius 2 is 1.06 bits per heavy atom. The molecule has 0 N–H and O–H groups in total. The van der Waals surface area contributed by atoms with Gasteiger partial charge in [-0.25, -0.2) is 24.0 Å². The fourth-order valence-corrected chi connectivity index (χ4v) is 8.04. The molecule has 3 aliphatic rings. The van der Waals surface area contributed by atoms with Gasteiger partial charge < -0.3 is 56.8 Å². The van der Waals surface area contributed by atoms with Gasteiger partial charge in [0.2, 0.25) is 6.29 Å². The van der Waals surface area contributed by atoms with Crippen molar-refractivity contribution in [2.24, 2.45) is 0 Å². The Labute approximate surface area is 409 Å². The van der Waals surface area contributed by atoms with E-state index in [1.54, 1.807) is 86.6 Å². The Hall–Kier alpha value is -7.25. The molecule has 370 valence electrons. The standard InChI is InChI=1S/C54H52O17/c1-4-30-60-53(59)70-52-45(43(61-31-34-20-10-5-11-21-34)42-40(65-52)33-63-54(2,3)71-42)69-51-46(68-50(58)38-28-18-9-19-29-38)44(67-49(57)37-26-16-8-17-27-37)41(66-48(56)36-24-14-7-15-25-36)39(64-51)32-62-47(55)35-22-12-6-13-23-35/h4-29,39-46,51-52H,1,30-33H2,2-3H3/t39-,40-,41-,42-,43+,44+,45-,46+,51-,52+/m1/s1. The molecule has 0 unspecified atom stereocenters. The molecule has 3 saturated heterocycles. The summed E-state index contributed by atoms with van der Waals surface area (Å²) in [6.07, 6.45) is -14.8. The summed E-state index contributed by atoms with van der Waals surface area (Å²) >= 11 is 0. The van der Waals surface area contributed by atoms with Crippen molar-refractivity contribution < 1.29 is 80.8 Å². The molecule has 3 heterocycles. The van der Waals surface area contributed by atoms with E-state index >= 15 is 0 Å². The minimum absolute atomic E-state index is 0.0162. The Kier molecular flexibility index (Phi) is 16.6. The summed E-state index contributed by atoms with van der Waals surface area (Å²) in [5.74, 6) is -4.69. The van der Waals surface area contributed by atoms with Crippen LogP contribution in [0.25, 0.3) is 0 Å². The molecule has 5 aromatic rings. The SMILES string of the molecule is C=CCOC(=O)O[C@@H]1O[C@@H]2COC(C)(C)O[C@H]2[C@H](OCc2ccccc2)[C@H]1O[C@H]1O[C@H](COC(=O)c2ccccc2)[C@@H](OC(=O)c2ccccc2)[C@H](OC(=O)c2ccccc2)[C@@H]1OC(=O)c1ccccc1. The van der Waals surface area contributed by atoms with Crippen LogP contribution in [0.3, 0.4) is 0 Å². The van der Waals surface area contributed by atoms with Crippen molar-refractivity contribution in [1.82, 2.24) is 0 Å². The normalized spacial score (nSPS) is 25.5. The van der Waals surface area contributed by atoms with Crippen molar-refractivity contribution in [3.8, 4) is 0 Å². The zero-order chi connectivity index (χ0) is 49.7. The van der Waals surface area contributed by atoms with Gasteiger partial charge in [-0.2, -0.15) is 0 Å². The first kappa shape index (κ1) is 50.1. The summed E-state index contributed by atoms with van der Waals surface area (Å²) < 4.78 is 74.7. The number of rotatable bonds is 17. The Bertz CT molecular complexity index is 2560. The second-order valence-corrected chi connectivity index (χ2v) is 16.9. The summed E-state index contributed by atoms with van der Waals surface area (Å²) in [5, 5.41) is 0. The first-order valence-electron chi connectivity index (χ1n) is 22.8. The fourth-order valence-electron chi connectivity index (χ4n) is 8.04. The van der Waals surface area contributed by atoms with E-state index in [-0.39, 0.29) is 42.1 Å². The number of hydrogen-bond donors (Lipinski definition) is 0. The highest BCUT2D eigenvalue weighted by Crippen LogP contribution is 2.39. The molecular formula is C54H52O17. The summed E-state index contributed by atoms with van der Waals surface area (Å²) in [6.45, 7) is 6.10. The topological polar surface area (TPSA) is 196 Å². The lowest BCUT2D eigenvalue weighted by molar-refractivity contribution is -0.404. The Morgan fingerprint density at radius 3 is 1.59 bits per heavy atom. The third kappa shape index (κ3) is 12.9. The molecule has 0 aromatic heterocycles. The van der Waals surface area contributed by atoms with Gasteiger partial charge in [-0.1, -0.05) is 116 Å². The first-order chi connectivity index (χ1) is 34.5. The number of ether oxygens (including phenoxy) is 12. The van der Waals surface area contributed by atoms with Crippen molar-refractivity contribution in [2.45, 2.75) is 87.7 Å². The van der Waals surface area contributed by atoms with E-state index in [1.165, 1.54) is 54.6 Å². The molecule has 17 heteroatoms. The predicted octanol–water partition coefficient (Wildman–Crippen LogP) is 7.43. The fraction of sp³-hybridized carbons (Fsp3) is 0.315. The van der Waals surface area contributed by atoms with Crippen LogP contribution >= 0.6 is 0 Å². The molecule has 71 heavy (non-hydrogen) atoms. The number of benzene rings is 5. The molecule has 0 aliphatic carbocycles. The van der Waals surface area contributed by atoms with Crippen LogP contribution in [0.15, 0.2) is 164 Å².